The van der Waals surface area contributed by atoms with Crippen molar-refractivity contribution in [2.75, 3.05) is 13.7 Å². The number of urea groups is 1. The summed E-state index contributed by atoms with van der Waals surface area (Å²) < 4.78 is 11.4. The lowest BCUT2D eigenvalue weighted by molar-refractivity contribution is -0.139. The van der Waals surface area contributed by atoms with Crippen molar-refractivity contribution in [2.24, 2.45) is 0 Å². The average molecular weight is 416 g/mol. The highest BCUT2D eigenvalue weighted by atomic mass is 127. The van der Waals surface area contributed by atoms with E-state index < -0.39 is 12.0 Å². The molecular weight excluding hydrogens is 399 g/mol. The number of benzene rings is 1. The van der Waals surface area contributed by atoms with Crippen LogP contribution in [-0.4, -0.2) is 25.7 Å². The molecule has 0 spiro atoms. The van der Waals surface area contributed by atoms with Crippen LogP contribution in [0, 0.1) is 3.57 Å². The van der Waals surface area contributed by atoms with Gasteiger partial charge in [0.2, 0.25) is 0 Å². The maximum Gasteiger partial charge on any atom is 0.338 e. The topological polar surface area (TPSA) is 76.7 Å². The average Bonchev–Trinajstić information content (AvgIpc) is 2.46. The minimum absolute atomic E-state index is 0.264. The van der Waals surface area contributed by atoms with E-state index in [0.717, 1.165) is 3.57 Å². The zero-order valence-corrected chi connectivity index (χ0v) is 14.7. The second-order valence-corrected chi connectivity index (χ2v) is 5.92. The van der Waals surface area contributed by atoms with Crippen LogP contribution in [0.3, 0.4) is 0 Å². The molecule has 6 nitrogen and oxygen atoms in total. The number of hydrogen-bond donors (Lipinski definition) is 2. The standard InChI is InChI=1S/C15H17IN2O4/c1-4-22-14(19)12-8(2)17-15(20)18-13(12)10-7-9(16)5-6-11(10)21-3/h5-7,13H,4H2,1-3H3,(H2,17,18,20). The van der Waals surface area contributed by atoms with E-state index in [4.69, 9.17) is 9.47 Å². The summed E-state index contributed by atoms with van der Waals surface area (Å²) in [6.45, 7) is 3.68. The molecule has 0 saturated heterocycles. The minimum Gasteiger partial charge on any atom is -0.496 e. The van der Waals surface area contributed by atoms with Crippen molar-refractivity contribution in [3.05, 3.63) is 38.6 Å². The molecule has 2 N–H and O–H groups in total. The van der Waals surface area contributed by atoms with Gasteiger partial charge in [-0.05, 0) is 54.6 Å². The summed E-state index contributed by atoms with van der Waals surface area (Å²) in [4.78, 5) is 24.1. The molecule has 0 aliphatic carbocycles. The first-order chi connectivity index (χ1) is 10.5. The summed E-state index contributed by atoms with van der Waals surface area (Å²) in [7, 11) is 1.55. The van der Waals surface area contributed by atoms with Crippen LogP contribution in [0.4, 0.5) is 4.79 Å². The number of ether oxygens (including phenoxy) is 2. The van der Waals surface area contributed by atoms with Gasteiger partial charge in [0.05, 0.1) is 25.3 Å². The quantitative estimate of drug-likeness (QED) is 0.584. The van der Waals surface area contributed by atoms with Crippen molar-refractivity contribution in [1.82, 2.24) is 10.6 Å². The Balaban J connectivity index is 2.55. The molecule has 2 rings (SSSR count). The number of amides is 2. The molecule has 1 atom stereocenters. The van der Waals surface area contributed by atoms with Crippen molar-refractivity contribution in [3.63, 3.8) is 0 Å². The van der Waals surface area contributed by atoms with Gasteiger partial charge in [0, 0.05) is 14.8 Å². The molecule has 1 aromatic rings. The maximum absolute atomic E-state index is 12.3. The van der Waals surface area contributed by atoms with Crippen molar-refractivity contribution >= 4 is 34.6 Å². The number of methoxy groups -OCH3 is 1. The van der Waals surface area contributed by atoms with E-state index in [1.54, 1.807) is 21.0 Å². The Labute approximate surface area is 142 Å². The lowest BCUT2D eigenvalue weighted by Gasteiger charge is -2.29. The molecule has 1 aromatic carbocycles. The third-order valence-electron chi connectivity index (χ3n) is 3.27. The molecule has 1 unspecified atom stereocenters. The van der Waals surface area contributed by atoms with Gasteiger partial charge in [0.25, 0.3) is 0 Å². The molecule has 1 aliphatic rings. The molecule has 0 aromatic heterocycles. The summed E-state index contributed by atoms with van der Waals surface area (Å²) in [6, 6.07) is 4.60. The second-order valence-electron chi connectivity index (χ2n) is 4.68. The Hall–Kier alpha value is -1.77. The van der Waals surface area contributed by atoms with Crippen molar-refractivity contribution in [1.29, 1.82) is 0 Å². The molecule has 2 amide bonds. The smallest absolute Gasteiger partial charge is 0.338 e. The monoisotopic (exact) mass is 416 g/mol. The lowest BCUT2D eigenvalue weighted by atomic mass is 9.95. The Kier molecular flexibility index (Phi) is 5.28. The fourth-order valence-corrected chi connectivity index (χ4v) is 2.85. The van der Waals surface area contributed by atoms with Gasteiger partial charge in [0.15, 0.2) is 0 Å². The number of carbonyl (C=O) groups excluding carboxylic acids is 2. The zero-order valence-electron chi connectivity index (χ0n) is 12.5. The SMILES string of the molecule is CCOC(=O)C1=C(C)NC(=O)NC1c1cc(I)ccc1OC. The van der Waals surface area contributed by atoms with Crippen LogP contribution in [0.15, 0.2) is 29.5 Å². The van der Waals surface area contributed by atoms with Crippen LogP contribution in [0.25, 0.3) is 0 Å². The van der Waals surface area contributed by atoms with Gasteiger partial charge in [0.1, 0.15) is 5.75 Å². The van der Waals surface area contributed by atoms with Crippen molar-refractivity contribution < 1.29 is 19.1 Å². The fraction of sp³-hybridized carbons (Fsp3) is 0.333. The lowest BCUT2D eigenvalue weighted by Crippen LogP contribution is -2.45. The Morgan fingerprint density at radius 3 is 2.77 bits per heavy atom. The maximum atomic E-state index is 12.3. The number of carbonyl (C=O) groups is 2. The summed E-state index contributed by atoms with van der Waals surface area (Å²) in [5.41, 5.74) is 1.57. The Morgan fingerprint density at radius 2 is 2.14 bits per heavy atom. The van der Waals surface area contributed by atoms with Crippen LogP contribution in [0.5, 0.6) is 5.75 Å². The van der Waals surface area contributed by atoms with Gasteiger partial charge >= 0.3 is 12.0 Å². The first-order valence-corrected chi connectivity index (χ1v) is 7.84. The number of esters is 1. The normalized spacial score (nSPS) is 17.6. The summed E-state index contributed by atoms with van der Waals surface area (Å²) in [5, 5.41) is 5.37. The number of halogens is 1. The number of rotatable bonds is 4. The van der Waals surface area contributed by atoms with Gasteiger partial charge in [-0.1, -0.05) is 0 Å². The van der Waals surface area contributed by atoms with Crippen LogP contribution in [0.2, 0.25) is 0 Å². The first kappa shape index (κ1) is 16.6. The summed E-state index contributed by atoms with van der Waals surface area (Å²) in [6.07, 6.45) is 0. The molecule has 118 valence electrons. The highest BCUT2D eigenvalue weighted by Crippen LogP contribution is 2.34. The predicted molar refractivity (Wildman–Crippen MR) is 89.5 cm³/mol. The molecule has 7 heteroatoms. The van der Waals surface area contributed by atoms with E-state index in [1.165, 1.54) is 0 Å². The molecule has 22 heavy (non-hydrogen) atoms. The van der Waals surface area contributed by atoms with Crippen LogP contribution >= 0.6 is 22.6 Å². The minimum atomic E-state index is -0.613. The second kappa shape index (κ2) is 6.99. The molecular formula is C15H17IN2O4. The van der Waals surface area contributed by atoms with E-state index in [1.807, 2.05) is 18.2 Å². The van der Waals surface area contributed by atoms with Gasteiger partial charge in [-0.25, -0.2) is 9.59 Å². The highest BCUT2D eigenvalue weighted by molar-refractivity contribution is 14.1. The van der Waals surface area contributed by atoms with E-state index in [0.29, 0.717) is 22.6 Å². The molecule has 0 bridgehead atoms. The van der Waals surface area contributed by atoms with E-state index in [-0.39, 0.29) is 12.6 Å². The molecule has 1 aliphatic heterocycles. The summed E-state index contributed by atoms with van der Waals surface area (Å²) in [5.74, 6) is 0.139. The van der Waals surface area contributed by atoms with Crippen molar-refractivity contribution in [2.45, 2.75) is 19.9 Å². The summed E-state index contributed by atoms with van der Waals surface area (Å²) >= 11 is 2.17. The van der Waals surface area contributed by atoms with E-state index in [9.17, 15) is 9.59 Å². The van der Waals surface area contributed by atoms with E-state index in [2.05, 4.69) is 33.2 Å². The molecule has 1 heterocycles. The van der Waals surface area contributed by atoms with Crippen LogP contribution < -0.4 is 15.4 Å². The molecule has 0 radical (unpaired) electrons. The fourth-order valence-electron chi connectivity index (χ4n) is 2.34. The largest absolute Gasteiger partial charge is 0.496 e. The van der Waals surface area contributed by atoms with Crippen LogP contribution in [-0.2, 0) is 9.53 Å². The number of nitrogens with one attached hydrogen (secondary N) is 2. The van der Waals surface area contributed by atoms with Gasteiger partial charge in [-0.3, -0.25) is 0 Å². The van der Waals surface area contributed by atoms with Gasteiger partial charge in [-0.15, -0.1) is 0 Å². The molecule has 0 fully saturated rings. The van der Waals surface area contributed by atoms with Crippen LogP contribution in [0.1, 0.15) is 25.5 Å². The predicted octanol–water partition coefficient (Wildman–Crippen LogP) is 2.49. The molecule has 0 saturated carbocycles. The number of hydrogen-bond acceptors (Lipinski definition) is 4. The van der Waals surface area contributed by atoms with Crippen molar-refractivity contribution in [3.8, 4) is 5.75 Å². The highest BCUT2D eigenvalue weighted by Gasteiger charge is 2.33. The first-order valence-electron chi connectivity index (χ1n) is 6.76. The van der Waals surface area contributed by atoms with Gasteiger partial charge in [-0.2, -0.15) is 0 Å². The Bertz CT molecular complexity index is 642. The zero-order chi connectivity index (χ0) is 16.3. The van der Waals surface area contributed by atoms with E-state index >= 15 is 0 Å². The van der Waals surface area contributed by atoms with Gasteiger partial charge < -0.3 is 20.1 Å². The third-order valence-corrected chi connectivity index (χ3v) is 3.94. The number of allylic oxidation sites excluding steroid dienone is 1. The Morgan fingerprint density at radius 1 is 1.41 bits per heavy atom. The third kappa shape index (κ3) is 3.34.